The molecule has 10 heteroatoms. The van der Waals surface area contributed by atoms with E-state index in [0.717, 1.165) is 5.01 Å². The molecule has 2 aromatic heterocycles. The third-order valence-electron chi connectivity index (χ3n) is 2.62. The van der Waals surface area contributed by atoms with Crippen molar-refractivity contribution in [3.63, 3.8) is 0 Å². The Bertz CT molecular complexity index is 632. The van der Waals surface area contributed by atoms with Gasteiger partial charge < -0.3 is 21.0 Å². The predicted molar refractivity (Wildman–Crippen MR) is 72.6 cm³/mol. The molecule has 2 heterocycles. The Balaban J connectivity index is 2.53. The molecular formula is C10H14N8O2. The molecule has 0 radical (unpaired) electrons. The number of rotatable bonds is 3. The molecule has 2 rings (SSSR count). The lowest BCUT2D eigenvalue weighted by atomic mass is 10.4. The fraction of sp³-hybridized carbons (Fsp3) is 0. The first-order valence-electron chi connectivity index (χ1n) is 5.46. The van der Waals surface area contributed by atoms with Gasteiger partial charge in [0.15, 0.2) is 0 Å². The van der Waals surface area contributed by atoms with E-state index >= 15 is 0 Å². The Hall–Kier alpha value is -2.98. The van der Waals surface area contributed by atoms with Gasteiger partial charge in [0.05, 0.1) is 0 Å². The molecule has 0 saturated heterocycles. The van der Waals surface area contributed by atoms with E-state index in [1.165, 1.54) is 6.07 Å². The van der Waals surface area contributed by atoms with Crippen molar-refractivity contribution in [2.45, 2.75) is 0 Å². The highest BCUT2D eigenvalue weighted by Gasteiger charge is 2.20. The van der Waals surface area contributed by atoms with E-state index in [1.807, 2.05) is 0 Å². The maximum Gasteiger partial charge on any atom is 0.334 e. The molecule has 0 unspecified atom stereocenters. The summed E-state index contributed by atoms with van der Waals surface area (Å²) in [6.45, 7) is 0. The van der Waals surface area contributed by atoms with Crippen molar-refractivity contribution in [3.8, 4) is 5.82 Å². The summed E-state index contributed by atoms with van der Waals surface area (Å²) in [5.41, 5.74) is 10.5. The molecule has 0 atom stereocenters. The number of carbonyl (C=O) groups excluding carboxylic acids is 2. The highest BCUT2D eigenvalue weighted by Crippen LogP contribution is 2.27. The fourth-order valence-corrected chi connectivity index (χ4v) is 1.65. The lowest BCUT2D eigenvalue weighted by Crippen LogP contribution is -2.42. The van der Waals surface area contributed by atoms with Crippen LogP contribution in [0.25, 0.3) is 5.82 Å². The van der Waals surface area contributed by atoms with Gasteiger partial charge in [-0.15, -0.1) is 0 Å². The Morgan fingerprint density at radius 3 is 2.10 bits per heavy atom. The second kappa shape index (κ2) is 4.95. The van der Waals surface area contributed by atoms with Gasteiger partial charge in [-0.3, -0.25) is 0 Å². The molecule has 4 amide bonds. The maximum absolute atomic E-state index is 11.2. The number of hydrogen-bond donors (Lipinski definition) is 5. The molecule has 0 fully saturated rings. The number of urea groups is 2. The number of nitrogens with two attached hydrogens (primary N) is 4. The van der Waals surface area contributed by atoms with Crippen LogP contribution in [0, 0.1) is 0 Å². The summed E-state index contributed by atoms with van der Waals surface area (Å²) in [5, 5.41) is 1.41. The Morgan fingerprint density at radius 1 is 1.05 bits per heavy atom. The third kappa shape index (κ3) is 2.28. The van der Waals surface area contributed by atoms with E-state index in [1.54, 1.807) is 29.1 Å². The van der Waals surface area contributed by atoms with Gasteiger partial charge in [0.2, 0.25) is 0 Å². The molecule has 106 valence electrons. The van der Waals surface area contributed by atoms with Crippen LogP contribution in [0.15, 0.2) is 30.6 Å². The van der Waals surface area contributed by atoms with Gasteiger partial charge in [0.25, 0.3) is 0 Å². The van der Waals surface area contributed by atoms with Crippen LogP contribution in [0.1, 0.15) is 0 Å². The standard InChI is InChI=1S/C10H14N8O2/c11-9(19)17(13)6-5-7(18(14)10(12)20)15-8(6)16-3-1-2-4-16/h1-5,15H,13-14H2,(H2,11,19)(H2,12,20). The number of nitrogens with one attached hydrogen (secondary N) is 1. The minimum Gasteiger partial charge on any atom is -0.350 e. The summed E-state index contributed by atoms with van der Waals surface area (Å²) >= 11 is 0. The number of aromatic amines is 1. The van der Waals surface area contributed by atoms with Crippen LogP contribution in [0.4, 0.5) is 21.1 Å². The van der Waals surface area contributed by atoms with Crippen molar-refractivity contribution in [1.82, 2.24) is 9.55 Å². The van der Waals surface area contributed by atoms with Gasteiger partial charge in [-0.05, 0) is 12.1 Å². The SMILES string of the molecule is NC(=O)N(N)c1cc(N(N)C(N)=O)c(-n2cccc2)[nH]1. The summed E-state index contributed by atoms with van der Waals surface area (Å²) in [6.07, 6.45) is 3.41. The Morgan fingerprint density at radius 2 is 1.60 bits per heavy atom. The smallest absolute Gasteiger partial charge is 0.334 e. The largest absolute Gasteiger partial charge is 0.350 e. The lowest BCUT2D eigenvalue weighted by molar-refractivity contribution is 0.253. The van der Waals surface area contributed by atoms with Crippen LogP contribution in [-0.4, -0.2) is 21.6 Å². The zero-order chi connectivity index (χ0) is 14.9. The molecule has 9 N–H and O–H groups in total. The van der Waals surface area contributed by atoms with E-state index in [2.05, 4.69) is 4.98 Å². The summed E-state index contributed by atoms with van der Waals surface area (Å²) in [4.78, 5) is 25.1. The number of amides is 4. The molecule has 0 spiro atoms. The van der Waals surface area contributed by atoms with Crippen LogP contribution in [0.5, 0.6) is 0 Å². The zero-order valence-corrected chi connectivity index (χ0v) is 10.4. The minimum absolute atomic E-state index is 0.160. The monoisotopic (exact) mass is 278 g/mol. The minimum atomic E-state index is -0.875. The number of H-pyrrole nitrogens is 1. The van der Waals surface area contributed by atoms with E-state index in [0.29, 0.717) is 10.8 Å². The number of aromatic nitrogens is 2. The van der Waals surface area contributed by atoms with Gasteiger partial charge in [0, 0.05) is 18.5 Å². The number of hydrazine groups is 2. The van der Waals surface area contributed by atoms with Crippen LogP contribution < -0.4 is 33.2 Å². The van der Waals surface area contributed by atoms with E-state index in [9.17, 15) is 9.59 Å². The van der Waals surface area contributed by atoms with Crippen LogP contribution >= 0.6 is 0 Å². The highest BCUT2D eigenvalue weighted by atomic mass is 16.2. The average Bonchev–Trinajstić information content (AvgIpc) is 3.05. The van der Waals surface area contributed by atoms with Crippen LogP contribution in [0.2, 0.25) is 0 Å². The normalized spacial score (nSPS) is 10.3. The van der Waals surface area contributed by atoms with Gasteiger partial charge in [-0.25, -0.2) is 31.3 Å². The molecular weight excluding hydrogens is 264 g/mol. The van der Waals surface area contributed by atoms with E-state index in [-0.39, 0.29) is 11.5 Å². The number of hydrogen-bond acceptors (Lipinski definition) is 4. The van der Waals surface area contributed by atoms with Gasteiger partial charge in [-0.2, -0.15) is 0 Å². The quantitative estimate of drug-likeness (QED) is 0.285. The second-order valence-corrected chi connectivity index (χ2v) is 3.90. The van der Waals surface area contributed by atoms with Gasteiger partial charge >= 0.3 is 12.1 Å². The first-order valence-corrected chi connectivity index (χ1v) is 5.46. The van der Waals surface area contributed by atoms with Crippen molar-refractivity contribution in [2.75, 3.05) is 10.0 Å². The van der Waals surface area contributed by atoms with Crippen LogP contribution in [-0.2, 0) is 0 Å². The van der Waals surface area contributed by atoms with E-state index < -0.39 is 12.1 Å². The zero-order valence-electron chi connectivity index (χ0n) is 10.4. The van der Waals surface area contributed by atoms with Gasteiger partial charge in [-0.1, -0.05) is 0 Å². The molecule has 0 aromatic carbocycles. The molecule has 0 aliphatic carbocycles. The first kappa shape index (κ1) is 13.5. The number of anilines is 2. The second-order valence-electron chi connectivity index (χ2n) is 3.90. The average molecular weight is 278 g/mol. The molecule has 2 aromatic rings. The van der Waals surface area contributed by atoms with E-state index in [4.69, 9.17) is 23.2 Å². The summed E-state index contributed by atoms with van der Waals surface area (Å²) in [5.74, 6) is 11.6. The topological polar surface area (TPSA) is 165 Å². The molecule has 0 aliphatic rings. The van der Waals surface area contributed by atoms with Crippen molar-refractivity contribution in [2.24, 2.45) is 23.2 Å². The van der Waals surface area contributed by atoms with Crippen molar-refractivity contribution >= 4 is 23.6 Å². The summed E-state index contributed by atoms with van der Waals surface area (Å²) in [7, 11) is 0. The van der Waals surface area contributed by atoms with Gasteiger partial charge in [0.1, 0.15) is 17.3 Å². The van der Waals surface area contributed by atoms with Crippen molar-refractivity contribution in [1.29, 1.82) is 0 Å². The molecule has 0 bridgehead atoms. The summed E-state index contributed by atoms with van der Waals surface area (Å²) in [6, 6.07) is 3.17. The molecule has 10 nitrogen and oxygen atoms in total. The predicted octanol–water partition coefficient (Wildman–Crippen LogP) is -0.677. The summed E-state index contributed by atoms with van der Waals surface area (Å²) < 4.78 is 1.64. The number of primary amides is 2. The fourth-order valence-electron chi connectivity index (χ4n) is 1.65. The first-order chi connectivity index (χ1) is 9.41. The molecule has 20 heavy (non-hydrogen) atoms. The lowest BCUT2D eigenvalue weighted by Gasteiger charge is -2.14. The Labute approximate surface area is 113 Å². The van der Waals surface area contributed by atoms with Crippen molar-refractivity contribution < 1.29 is 9.59 Å². The maximum atomic E-state index is 11.2. The number of carbonyl (C=O) groups is 2. The van der Waals surface area contributed by atoms with Crippen molar-refractivity contribution in [3.05, 3.63) is 30.6 Å². The number of nitrogens with zero attached hydrogens (tertiary/aromatic N) is 3. The van der Waals surface area contributed by atoms with Crippen LogP contribution in [0.3, 0.4) is 0 Å². The molecule has 0 saturated carbocycles. The molecule has 0 aliphatic heterocycles. The third-order valence-corrected chi connectivity index (χ3v) is 2.62. The highest BCUT2D eigenvalue weighted by molar-refractivity contribution is 5.95. The Kier molecular flexibility index (Phi) is 3.33.